The van der Waals surface area contributed by atoms with E-state index < -0.39 is 27.9 Å². The number of nitrogens with two attached hydrogens (primary N) is 1. The van der Waals surface area contributed by atoms with Crippen molar-refractivity contribution in [3.05, 3.63) is 92.0 Å². The van der Waals surface area contributed by atoms with Gasteiger partial charge in [-0.25, -0.2) is 13.8 Å². The molecular weight excluding hydrogens is 663 g/mol. The number of carbonyl (C=O) groups excluding carboxylic acids is 2. The molecule has 0 saturated heterocycles. The number of nitrogens with one attached hydrogen (secondary N) is 2. The second kappa shape index (κ2) is 12.9. The fourth-order valence-electron chi connectivity index (χ4n) is 3.02. The van der Waals surface area contributed by atoms with Gasteiger partial charge in [0.25, 0.3) is 11.8 Å². The Morgan fingerprint density at radius 2 is 1.78 bits per heavy atom. The first-order valence-corrected chi connectivity index (χ1v) is 13.8. The van der Waals surface area contributed by atoms with Gasteiger partial charge in [-0.15, -0.1) is 0 Å². The van der Waals surface area contributed by atoms with E-state index in [1.54, 1.807) is 30.3 Å². The lowest BCUT2D eigenvalue weighted by atomic mass is 10.1. The molecule has 0 aliphatic rings. The molecule has 2 amide bonds. The van der Waals surface area contributed by atoms with E-state index in [2.05, 4.69) is 53.8 Å². The van der Waals surface area contributed by atoms with Gasteiger partial charge >= 0.3 is 0 Å². The second-order valence-electron chi connectivity index (χ2n) is 7.50. The molecule has 0 aliphatic carbocycles. The first-order chi connectivity index (χ1) is 17.1. The van der Waals surface area contributed by atoms with Gasteiger partial charge in [0.15, 0.2) is 6.61 Å². The first kappa shape index (κ1) is 27.8. The molecule has 0 bridgehead atoms. The summed E-state index contributed by atoms with van der Waals surface area (Å²) in [7, 11) is -3.96. The minimum absolute atomic E-state index is 0.0563. The number of carbonyl (C=O) groups is 2. The van der Waals surface area contributed by atoms with Crippen LogP contribution >= 0.6 is 38.5 Å². The Balaban J connectivity index is 1.73. The molecule has 9 nitrogen and oxygen atoms in total. The second-order valence-corrected chi connectivity index (χ2v) is 11.3. The van der Waals surface area contributed by atoms with Crippen LogP contribution in [0.3, 0.4) is 0 Å². The van der Waals surface area contributed by atoms with Crippen molar-refractivity contribution in [2.24, 2.45) is 10.8 Å². The summed E-state index contributed by atoms with van der Waals surface area (Å²) in [6.45, 7) is -0.261. The number of hydrazone groups is 1. The van der Waals surface area contributed by atoms with E-state index in [-0.39, 0.29) is 17.9 Å². The minimum Gasteiger partial charge on any atom is -0.483 e. The number of primary amides is 1. The number of hydrogen-bond acceptors (Lipinski definition) is 6. The molecule has 0 saturated carbocycles. The van der Waals surface area contributed by atoms with Crippen LogP contribution in [-0.2, 0) is 26.0 Å². The molecule has 36 heavy (non-hydrogen) atoms. The van der Waals surface area contributed by atoms with Crippen molar-refractivity contribution in [1.29, 1.82) is 0 Å². The first-order valence-electron chi connectivity index (χ1n) is 10.5. The van der Waals surface area contributed by atoms with Crippen LogP contribution in [0.2, 0.25) is 0 Å². The number of rotatable bonds is 11. The molecule has 0 unspecified atom stereocenters. The lowest BCUT2D eigenvalue weighted by molar-refractivity contribution is -0.122. The Hall–Kier alpha value is -2.81. The largest absolute Gasteiger partial charge is 0.483 e. The third-order valence-corrected chi connectivity index (χ3v) is 7.56. The zero-order chi connectivity index (χ0) is 26.1. The quantitative estimate of drug-likeness (QED) is 0.162. The molecule has 12 heteroatoms. The molecule has 0 spiro atoms. The van der Waals surface area contributed by atoms with Gasteiger partial charge < -0.3 is 10.5 Å². The zero-order valence-electron chi connectivity index (χ0n) is 18.7. The average Bonchev–Trinajstić information content (AvgIpc) is 2.83. The SMILES string of the molecule is NC(=O)COc1ccc(/C=N\NC(=O)[C@@H](Cc2ccccc2)NS(=O)(=O)c2ccc(I)cc2)cc1Br. The van der Waals surface area contributed by atoms with Crippen molar-refractivity contribution in [1.82, 2.24) is 10.1 Å². The molecule has 0 radical (unpaired) electrons. The van der Waals surface area contributed by atoms with Gasteiger partial charge in [-0.05, 0) is 98.5 Å². The van der Waals surface area contributed by atoms with Gasteiger partial charge in [0.05, 0.1) is 15.6 Å². The monoisotopic (exact) mass is 684 g/mol. The molecular formula is C24H22BrIN4O5S. The summed E-state index contributed by atoms with van der Waals surface area (Å²) in [5, 5.41) is 3.97. The van der Waals surface area contributed by atoms with E-state index in [0.717, 1.165) is 9.13 Å². The van der Waals surface area contributed by atoms with Crippen molar-refractivity contribution >= 4 is 66.6 Å². The molecule has 0 aromatic heterocycles. The number of halogens is 2. The lowest BCUT2D eigenvalue weighted by Gasteiger charge is -2.17. The maximum absolute atomic E-state index is 12.9. The van der Waals surface area contributed by atoms with Gasteiger partial charge in [0.2, 0.25) is 10.0 Å². The lowest BCUT2D eigenvalue weighted by Crippen LogP contribution is -2.46. The topological polar surface area (TPSA) is 140 Å². The van der Waals surface area contributed by atoms with Crippen LogP contribution in [-0.4, -0.2) is 39.1 Å². The highest BCUT2D eigenvalue weighted by Gasteiger charge is 2.26. The Kier molecular flexibility index (Phi) is 9.98. The maximum atomic E-state index is 12.9. The number of ether oxygens (including phenoxy) is 1. The Morgan fingerprint density at radius 1 is 1.08 bits per heavy atom. The van der Waals surface area contributed by atoms with Gasteiger partial charge in [-0.2, -0.15) is 9.82 Å². The summed E-state index contributed by atoms with van der Waals surface area (Å²) in [4.78, 5) is 23.9. The number of benzene rings is 3. The van der Waals surface area contributed by atoms with E-state index >= 15 is 0 Å². The molecule has 3 aromatic carbocycles. The molecule has 1 atom stereocenters. The summed E-state index contributed by atoms with van der Waals surface area (Å²) in [6, 6.07) is 19.2. The van der Waals surface area contributed by atoms with Crippen LogP contribution in [0.1, 0.15) is 11.1 Å². The third-order valence-electron chi connectivity index (χ3n) is 4.73. The highest BCUT2D eigenvalue weighted by molar-refractivity contribution is 14.1. The standard InChI is InChI=1S/C24H22BrIN4O5S/c25-20-12-17(6-11-22(20)35-15-23(27)31)14-28-29-24(32)21(13-16-4-2-1-3-5-16)30-36(33,34)19-9-7-18(26)8-10-19/h1-12,14,21,30H,13,15H2,(H2,27,31)(H,29,32)/b28-14-/t21-/m1/s1. The smallest absolute Gasteiger partial charge is 0.258 e. The third kappa shape index (κ3) is 8.40. The van der Waals surface area contributed by atoms with E-state index in [1.165, 1.54) is 18.3 Å². The van der Waals surface area contributed by atoms with Crippen LogP contribution in [0.4, 0.5) is 0 Å². The van der Waals surface area contributed by atoms with Crippen LogP contribution in [0.25, 0.3) is 0 Å². The Labute approximate surface area is 230 Å². The molecule has 0 aliphatic heterocycles. The summed E-state index contributed by atoms with van der Waals surface area (Å²) in [5.41, 5.74) is 8.88. The predicted octanol–water partition coefficient (Wildman–Crippen LogP) is 2.96. The van der Waals surface area contributed by atoms with E-state index in [9.17, 15) is 18.0 Å². The average molecular weight is 685 g/mol. The molecule has 3 rings (SSSR count). The molecule has 3 aromatic rings. The number of sulfonamides is 1. The Bertz CT molecular complexity index is 1350. The van der Waals surface area contributed by atoms with Gasteiger partial charge in [-0.1, -0.05) is 30.3 Å². The maximum Gasteiger partial charge on any atom is 0.258 e. The molecule has 188 valence electrons. The predicted molar refractivity (Wildman–Crippen MR) is 148 cm³/mol. The van der Waals surface area contributed by atoms with Crippen LogP contribution < -0.4 is 20.6 Å². The zero-order valence-corrected chi connectivity index (χ0v) is 23.3. The van der Waals surface area contributed by atoms with E-state index in [4.69, 9.17) is 10.5 Å². The van der Waals surface area contributed by atoms with Gasteiger partial charge in [0, 0.05) is 3.57 Å². The van der Waals surface area contributed by atoms with Crippen molar-refractivity contribution in [3.63, 3.8) is 0 Å². The van der Waals surface area contributed by atoms with Crippen LogP contribution in [0.15, 0.2) is 87.3 Å². The summed E-state index contributed by atoms with van der Waals surface area (Å²) in [6.07, 6.45) is 1.52. The highest BCUT2D eigenvalue weighted by atomic mass is 127. The fourth-order valence-corrected chi connectivity index (χ4v) is 5.08. The van der Waals surface area contributed by atoms with Crippen molar-refractivity contribution < 1.29 is 22.7 Å². The summed E-state index contributed by atoms with van der Waals surface area (Å²) >= 11 is 5.42. The van der Waals surface area contributed by atoms with Crippen molar-refractivity contribution in [2.75, 3.05) is 6.61 Å². The van der Waals surface area contributed by atoms with Gasteiger partial charge in [0.1, 0.15) is 11.8 Å². The molecule has 4 N–H and O–H groups in total. The van der Waals surface area contributed by atoms with Crippen LogP contribution in [0, 0.1) is 3.57 Å². The van der Waals surface area contributed by atoms with Gasteiger partial charge in [-0.3, -0.25) is 9.59 Å². The minimum atomic E-state index is -3.96. The molecule has 0 heterocycles. The number of hydrogen-bond donors (Lipinski definition) is 3. The highest BCUT2D eigenvalue weighted by Crippen LogP contribution is 2.25. The van der Waals surface area contributed by atoms with Crippen molar-refractivity contribution in [2.45, 2.75) is 17.4 Å². The number of amides is 2. The van der Waals surface area contributed by atoms with Crippen LogP contribution in [0.5, 0.6) is 5.75 Å². The van der Waals surface area contributed by atoms with Crippen molar-refractivity contribution in [3.8, 4) is 5.75 Å². The molecule has 0 fully saturated rings. The summed E-state index contributed by atoms with van der Waals surface area (Å²) < 4.78 is 35.1. The summed E-state index contributed by atoms with van der Waals surface area (Å²) in [5.74, 6) is -0.800. The van der Waals surface area contributed by atoms with E-state index in [1.807, 2.05) is 30.3 Å². The van der Waals surface area contributed by atoms with E-state index in [0.29, 0.717) is 15.8 Å². The Morgan fingerprint density at radius 3 is 2.42 bits per heavy atom. The fraction of sp³-hybridized carbons (Fsp3) is 0.125. The number of nitrogens with zero attached hydrogens (tertiary/aromatic N) is 1. The normalized spacial score (nSPS) is 12.3.